The zero-order valence-corrected chi connectivity index (χ0v) is 14.8. The van der Waals surface area contributed by atoms with E-state index in [0.717, 1.165) is 44.9 Å². The van der Waals surface area contributed by atoms with Crippen LogP contribution in [0.1, 0.15) is 71.1 Å². The molecule has 0 aromatic heterocycles. The van der Waals surface area contributed by atoms with E-state index in [4.69, 9.17) is 5.11 Å². The summed E-state index contributed by atoms with van der Waals surface area (Å²) in [7, 11) is 0. The molecule has 0 spiro atoms. The van der Waals surface area contributed by atoms with Gasteiger partial charge in [0.1, 0.15) is 0 Å². The lowest BCUT2D eigenvalue weighted by molar-refractivity contribution is -0.137. The van der Waals surface area contributed by atoms with Crippen molar-refractivity contribution in [1.29, 1.82) is 0 Å². The Morgan fingerprint density at radius 3 is 2.58 bits per heavy atom. The molecule has 1 fully saturated rings. The summed E-state index contributed by atoms with van der Waals surface area (Å²) in [6.45, 7) is 2.13. The third kappa shape index (κ3) is 8.44. The van der Waals surface area contributed by atoms with Crippen LogP contribution in [-0.4, -0.2) is 28.1 Å². The molecule has 3 atom stereocenters. The predicted octanol–water partition coefficient (Wildman–Crippen LogP) is 4.28. The molecule has 1 aliphatic rings. The number of aliphatic hydroxyl groups excluding tert-OH is 1. The van der Waals surface area contributed by atoms with Gasteiger partial charge in [0.2, 0.25) is 0 Å². The summed E-state index contributed by atoms with van der Waals surface area (Å²) in [6.07, 6.45) is 15.3. The fourth-order valence-electron chi connectivity index (χ4n) is 3.25. The molecule has 0 aliphatic heterocycles. The van der Waals surface area contributed by atoms with Crippen LogP contribution < -0.4 is 0 Å². The molecule has 0 amide bonds. The molecule has 1 saturated carbocycles. The van der Waals surface area contributed by atoms with Crippen LogP contribution in [0.2, 0.25) is 0 Å². The van der Waals surface area contributed by atoms with Crippen LogP contribution in [0.5, 0.6) is 0 Å². The SMILES string of the molecule is CCCCCC(=O)C=CC1CCC(O)C1CC=CCCCC(=O)O. The Bertz CT molecular complexity index is 439. The van der Waals surface area contributed by atoms with E-state index in [0.29, 0.717) is 12.8 Å². The summed E-state index contributed by atoms with van der Waals surface area (Å²) >= 11 is 0. The minimum absolute atomic E-state index is 0.167. The second-order valence-electron chi connectivity index (χ2n) is 6.75. The first-order valence-electron chi connectivity index (χ1n) is 9.30. The highest BCUT2D eigenvalue weighted by atomic mass is 16.4. The van der Waals surface area contributed by atoms with E-state index in [1.807, 2.05) is 18.2 Å². The topological polar surface area (TPSA) is 74.6 Å². The molecule has 0 saturated heterocycles. The maximum Gasteiger partial charge on any atom is 0.303 e. The minimum atomic E-state index is -0.761. The maximum absolute atomic E-state index is 11.8. The Morgan fingerprint density at radius 1 is 1.08 bits per heavy atom. The fourth-order valence-corrected chi connectivity index (χ4v) is 3.25. The van der Waals surface area contributed by atoms with Gasteiger partial charge in [-0.25, -0.2) is 0 Å². The number of hydrogen-bond acceptors (Lipinski definition) is 3. The van der Waals surface area contributed by atoms with E-state index in [-0.39, 0.29) is 30.1 Å². The molecule has 1 aliphatic carbocycles. The number of hydrogen-bond donors (Lipinski definition) is 2. The standard InChI is InChI=1S/C20H32O4/c1-2-3-6-9-17(21)14-12-16-13-15-19(22)18(16)10-7-4-5-8-11-20(23)24/h4,7,12,14,16,18-19,22H,2-3,5-6,8-11,13,15H2,1H3,(H,23,24). The van der Waals surface area contributed by atoms with Crippen molar-refractivity contribution < 1.29 is 19.8 Å². The van der Waals surface area contributed by atoms with Gasteiger partial charge < -0.3 is 10.2 Å². The number of carboxylic acid groups (broad SMARTS) is 1. The number of rotatable bonds is 12. The zero-order chi connectivity index (χ0) is 17.8. The summed E-state index contributed by atoms with van der Waals surface area (Å²) in [4.78, 5) is 22.3. The molecule has 0 bridgehead atoms. The predicted molar refractivity (Wildman–Crippen MR) is 95.8 cm³/mol. The Balaban J connectivity index is 2.37. The Labute approximate surface area is 145 Å². The van der Waals surface area contributed by atoms with Crippen LogP contribution in [0, 0.1) is 11.8 Å². The van der Waals surface area contributed by atoms with Gasteiger partial charge >= 0.3 is 5.97 Å². The summed E-state index contributed by atoms with van der Waals surface area (Å²) in [6, 6.07) is 0. The Morgan fingerprint density at radius 2 is 1.88 bits per heavy atom. The average Bonchev–Trinajstić information content (AvgIpc) is 2.89. The van der Waals surface area contributed by atoms with Crippen molar-refractivity contribution in [2.45, 2.75) is 77.2 Å². The smallest absolute Gasteiger partial charge is 0.303 e. The summed E-state index contributed by atoms with van der Waals surface area (Å²) in [5.41, 5.74) is 0. The van der Waals surface area contributed by atoms with E-state index in [1.165, 1.54) is 0 Å². The Kier molecular flexibility index (Phi) is 10.3. The van der Waals surface area contributed by atoms with Crippen molar-refractivity contribution >= 4 is 11.8 Å². The van der Waals surface area contributed by atoms with E-state index in [1.54, 1.807) is 6.08 Å². The van der Waals surface area contributed by atoms with Crippen molar-refractivity contribution in [3.63, 3.8) is 0 Å². The van der Waals surface area contributed by atoms with Gasteiger partial charge in [0.05, 0.1) is 6.10 Å². The largest absolute Gasteiger partial charge is 0.481 e. The third-order valence-electron chi connectivity index (χ3n) is 4.73. The van der Waals surface area contributed by atoms with Gasteiger partial charge in [-0.3, -0.25) is 9.59 Å². The fraction of sp³-hybridized carbons (Fsp3) is 0.700. The number of allylic oxidation sites excluding steroid dienone is 4. The number of carbonyl (C=O) groups is 2. The molecule has 24 heavy (non-hydrogen) atoms. The summed E-state index contributed by atoms with van der Waals surface area (Å²) in [5, 5.41) is 18.7. The molecule has 4 nitrogen and oxygen atoms in total. The summed E-state index contributed by atoms with van der Waals surface area (Å²) in [5.74, 6) is -0.143. The lowest BCUT2D eigenvalue weighted by Gasteiger charge is -2.17. The van der Waals surface area contributed by atoms with Crippen LogP contribution in [0.25, 0.3) is 0 Å². The molecular weight excluding hydrogens is 304 g/mol. The molecule has 0 aromatic carbocycles. The number of unbranched alkanes of at least 4 members (excludes halogenated alkanes) is 3. The molecule has 1 rings (SSSR count). The van der Waals surface area contributed by atoms with Gasteiger partial charge in [-0.1, -0.05) is 38.0 Å². The van der Waals surface area contributed by atoms with E-state index in [2.05, 4.69) is 6.92 Å². The molecule has 0 aromatic rings. The van der Waals surface area contributed by atoms with Crippen molar-refractivity contribution in [3.8, 4) is 0 Å². The number of ketones is 1. The second-order valence-corrected chi connectivity index (χ2v) is 6.75. The van der Waals surface area contributed by atoms with Gasteiger partial charge in [0.25, 0.3) is 0 Å². The van der Waals surface area contributed by atoms with Gasteiger partial charge in [-0.15, -0.1) is 0 Å². The van der Waals surface area contributed by atoms with Crippen molar-refractivity contribution in [2.24, 2.45) is 11.8 Å². The zero-order valence-electron chi connectivity index (χ0n) is 14.8. The molecule has 0 heterocycles. The van der Waals surface area contributed by atoms with Crippen LogP contribution >= 0.6 is 0 Å². The quantitative estimate of drug-likeness (QED) is 0.317. The van der Waals surface area contributed by atoms with Crippen LogP contribution in [0.4, 0.5) is 0 Å². The van der Waals surface area contributed by atoms with Gasteiger partial charge in [0, 0.05) is 12.8 Å². The van der Waals surface area contributed by atoms with E-state index >= 15 is 0 Å². The van der Waals surface area contributed by atoms with Gasteiger partial charge in [-0.2, -0.15) is 0 Å². The highest BCUT2D eigenvalue weighted by Crippen LogP contribution is 2.35. The Hall–Kier alpha value is -1.42. The highest BCUT2D eigenvalue weighted by Gasteiger charge is 2.32. The molecule has 2 N–H and O–H groups in total. The third-order valence-corrected chi connectivity index (χ3v) is 4.73. The molecular formula is C20H32O4. The highest BCUT2D eigenvalue weighted by molar-refractivity contribution is 5.89. The lowest BCUT2D eigenvalue weighted by Crippen LogP contribution is -2.17. The molecule has 3 unspecified atom stereocenters. The number of carbonyl (C=O) groups excluding carboxylic acids is 1. The number of aliphatic carboxylic acids is 1. The molecule has 0 radical (unpaired) electrons. The van der Waals surface area contributed by atoms with Crippen LogP contribution in [0.15, 0.2) is 24.3 Å². The maximum atomic E-state index is 11.8. The average molecular weight is 336 g/mol. The first-order chi connectivity index (χ1) is 11.5. The van der Waals surface area contributed by atoms with Crippen LogP contribution in [-0.2, 0) is 9.59 Å². The van der Waals surface area contributed by atoms with Crippen LogP contribution in [0.3, 0.4) is 0 Å². The second kappa shape index (κ2) is 12.0. The normalized spacial score (nSPS) is 24.2. The molecule has 4 heteroatoms. The molecule has 136 valence electrons. The monoisotopic (exact) mass is 336 g/mol. The van der Waals surface area contributed by atoms with Crippen molar-refractivity contribution in [1.82, 2.24) is 0 Å². The van der Waals surface area contributed by atoms with Gasteiger partial charge in [0.15, 0.2) is 5.78 Å². The number of aliphatic hydroxyl groups is 1. The lowest BCUT2D eigenvalue weighted by atomic mass is 9.90. The minimum Gasteiger partial charge on any atom is -0.481 e. The van der Waals surface area contributed by atoms with Crippen molar-refractivity contribution in [2.75, 3.05) is 0 Å². The number of carboxylic acids is 1. The first kappa shape index (κ1) is 20.6. The first-order valence-corrected chi connectivity index (χ1v) is 9.30. The van der Waals surface area contributed by atoms with E-state index < -0.39 is 5.97 Å². The van der Waals surface area contributed by atoms with E-state index in [9.17, 15) is 14.7 Å². The summed E-state index contributed by atoms with van der Waals surface area (Å²) < 4.78 is 0. The van der Waals surface area contributed by atoms with Gasteiger partial charge in [-0.05, 0) is 56.4 Å². The van der Waals surface area contributed by atoms with Crippen molar-refractivity contribution in [3.05, 3.63) is 24.3 Å².